The number of hydrogen-bond donors (Lipinski definition) is 0. The molecule has 0 unspecified atom stereocenters. The highest BCUT2D eigenvalue weighted by atomic mass is 32.2. The summed E-state index contributed by atoms with van der Waals surface area (Å²) in [6.45, 7) is 0. The zero-order valence-electron chi connectivity index (χ0n) is 13.9. The van der Waals surface area contributed by atoms with Crippen LogP contribution in [-0.4, -0.2) is 28.0 Å². The largest absolute Gasteiger partial charge is 0.415 e. The molecule has 0 saturated heterocycles. The van der Waals surface area contributed by atoms with E-state index in [0.717, 1.165) is 5.56 Å². The van der Waals surface area contributed by atoms with Crippen molar-refractivity contribution in [3.8, 4) is 0 Å². The molecule has 0 atom stereocenters. The van der Waals surface area contributed by atoms with Gasteiger partial charge in [0.2, 0.25) is 5.89 Å². The summed E-state index contributed by atoms with van der Waals surface area (Å²) in [4.78, 5) is 12.3. The topological polar surface area (TPSA) is 56.0 Å². The molecule has 6 heteroatoms. The fourth-order valence-electron chi connectivity index (χ4n) is 3.07. The number of aromatic nitrogens is 2. The first kappa shape index (κ1) is 17.5. The standard InChI is InChI=1S/C18H22N2O2S2/c1-23-12-17-19-20-18(22-17)24-11-16(21)15-9-7-14(8-10-15)13-5-3-2-4-6-13/h7-10,13H,2-6,11-12H2,1H3. The Bertz CT molecular complexity index is 664. The molecule has 0 aliphatic heterocycles. The van der Waals surface area contributed by atoms with Crippen LogP contribution in [0.1, 0.15) is 59.8 Å². The van der Waals surface area contributed by atoms with Gasteiger partial charge in [-0.15, -0.1) is 10.2 Å². The summed E-state index contributed by atoms with van der Waals surface area (Å²) in [5.74, 6) is 2.40. The second-order valence-electron chi connectivity index (χ2n) is 6.06. The van der Waals surface area contributed by atoms with E-state index >= 15 is 0 Å². The molecule has 128 valence electrons. The number of Topliss-reactive ketones (excluding diaryl/α,β-unsaturated/α-hetero) is 1. The van der Waals surface area contributed by atoms with Crippen LogP contribution in [0.4, 0.5) is 0 Å². The number of thioether (sulfide) groups is 2. The van der Waals surface area contributed by atoms with E-state index in [2.05, 4.69) is 22.3 Å². The zero-order chi connectivity index (χ0) is 16.8. The summed E-state index contributed by atoms with van der Waals surface area (Å²) in [5.41, 5.74) is 2.13. The summed E-state index contributed by atoms with van der Waals surface area (Å²) >= 11 is 2.93. The van der Waals surface area contributed by atoms with Gasteiger partial charge in [-0.1, -0.05) is 55.3 Å². The maximum Gasteiger partial charge on any atom is 0.277 e. The van der Waals surface area contributed by atoms with Crippen molar-refractivity contribution >= 4 is 29.3 Å². The van der Waals surface area contributed by atoms with Crippen molar-refractivity contribution in [1.82, 2.24) is 10.2 Å². The molecule has 3 rings (SSSR count). The lowest BCUT2D eigenvalue weighted by Crippen LogP contribution is -2.06. The Balaban J connectivity index is 1.54. The molecule has 0 bridgehead atoms. The first-order valence-corrected chi connectivity index (χ1v) is 10.7. The van der Waals surface area contributed by atoms with Crippen molar-refractivity contribution in [3.63, 3.8) is 0 Å². The lowest BCUT2D eigenvalue weighted by atomic mass is 9.84. The summed E-state index contributed by atoms with van der Waals surface area (Å²) < 4.78 is 5.48. The number of carbonyl (C=O) groups is 1. The number of benzene rings is 1. The third-order valence-electron chi connectivity index (χ3n) is 4.35. The highest BCUT2D eigenvalue weighted by molar-refractivity contribution is 7.99. The normalized spacial score (nSPS) is 15.5. The van der Waals surface area contributed by atoms with Gasteiger partial charge in [0.05, 0.1) is 11.5 Å². The highest BCUT2D eigenvalue weighted by Crippen LogP contribution is 2.32. The molecule has 0 spiro atoms. The Hall–Kier alpha value is -1.27. The lowest BCUT2D eigenvalue weighted by Gasteiger charge is -2.22. The third-order valence-corrected chi connectivity index (χ3v) is 5.71. The highest BCUT2D eigenvalue weighted by Gasteiger charge is 2.16. The Morgan fingerprint density at radius 1 is 1.17 bits per heavy atom. The molecule has 0 N–H and O–H groups in total. The average Bonchev–Trinajstić information content (AvgIpc) is 3.08. The maximum absolute atomic E-state index is 12.3. The van der Waals surface area contributed by atoms with E-state index in [9.17, 15) is 4.79 Å². The van der Waals surface area contributed by atoms with Gasteiger partial charge >= 0.3 is 0 Å². The van der Waals surface area contributed by atoms with Crippen molar-refractivity contribution in [1.29, 1.82) is 0 Å². The Morgan fingerprint density at radius 3 is 2.62 bits per heavy atom. The van der Waals surface area contributed by atoms with Crippen molar-refractivity contribution in [2.45, 2.75) is 49.0 Å². The van der Waals surface area contributed by atoms with Crippen LogP contribution in [0.15, 0.2) is 33.9 Å². The van der Waals surface area contributed by atoms with Gasteiger partial charge in [0.25, 0.3) is 5.22 Å². The van der Waals surface area contributed by atoms with E-state index in [1.807, 2.05) is 18.4 Å². The minimum atomic E-state index is 0.0970. The van der Waals surface area contributed by atoms with E-state index in [1.54, 1.807) is 11.8 Å². The summed E-state index contributed by atoms with van der Waals surface area (Å²) in [6.07, 6.45) is 8.54. The molecule has 1 aromatic carbocycles. The van der Waals surface area contributed by atoms with Crippen molar-refractivity contribution in [3.05, 3.63) is 41.3 Å². The van der Waals surface area contributed by atoms with Gasteiger partial charge < -0.3 is 4.42 Å². The molecule has 0 amide bonds. The van der Waals surface area contributed by atoms with E-state index in [0.29, 0.717) is 28.5 Å². The number of rotatable bonds is 7. The van der Waals surface area contributed by atoms with Crippen LogP contribution in [-0.2, 0) is 5.75 Å². The third kappa shape index (κ3) is 4.63. The predicted octanol–water partition coefficient (Wildman–Crippen LogP) is 4.96. The lowest BCUT2D eigenvalue weighted by molar-refractivity contribution is 0.102. The van der Waals surface area contributed by atoms with E-state index in [4.69, 9.17) is 4.42 Å². The van der Waals surface area contributed by atoms with Crippen LogP contribution in [0.3, 0.4) is 0 Å². The SMILES string of the molecule is CSCc1nnc(SCC(=O)c2ccc(C3CCCCC3)cc2)o1. The van der Waals surface area contributed by atoms with E-state index < -0.39 is 0 Å². The second kappa shape index (κ2) is 8.72. The molecule has 0 radical (unpaired) electrons. The minimum absolute atomic E-state index is 0.0970. The Labute approximate surface area is 151 Å². The van der Waals surface area contributed by atoms with Crippen LogP contribution in [0.25, 0.3) is 0 Å². The minimum Gasteiger partial charge on any atom is -0.415 e. The van der Waals surface area contributed by atoms with Crippen LogP contribution < -0.4 is 0 Å². The van der Waals surface area contributed by atoms with Gasteiger partial charge in [0.1, 0.15) is 0 Å². The zero-order valence-corrected chi connectivity index (χ0v) is 15.5. The molecular weight excluding hydrogens is 340 g/mol. The number of carbonyl (C=O) groups excluding carboxylic acids is 1. The summed E-state index contributed by atoms with van der Waals surface area (Å²) in [6, 6.07) is 8.16. The monoisotopic (exact) mass is 362 g/mol. The van der Waals surface area contributed by atoms with Crippen molar-refractivity contribution in [2.24, 2.45) is 0 Å². The summed E-state index contributed by atoms with van der Waals surface area (Å²) in [5, 5.41) is 8.37. The van der Waals surface area contributed by atoms with Gasteiger partial charge in [0, 0.05) is 5.56 Å². The van der Waals surface area contributed by atoms with Gasteiger partial charge in [0.15, 0.2) is 5.78 Å². The quantitative estimate of drug-likeness (QED) is 0.513. The fraction of sp³-hybridized carbons (Fsp3) is 0.500. The van der Waals surface area contributed by atoms with Gasteiger partial charge in [-0.2, -0.15) is 11.8 Å². The van der Waals surface area contributed by atoms with Crippen LogP contribution in [0, 0.1) is 0 Å². The first-order valence-electron chi connectivity index (χ1n) is 8.33. The maximum atomic E-state index is 12.3. The molecular formula is C18H22N2O2S2. The Morgan fingerprint density at radius 2 is 1.92 bits per heavy atom. The molecule has 1 saturated carbocycles. The molecule has 1 heterocycles. The number of hydrogen-bond acceptors (Lipinski definition) is 6. The van der Waals surface area contributed by atoms with Crippen molar-refractivity contribution < 1.29 is 9.21 Å². The predicted molar refractivity (Wildman–Crippen MR) is 98.8 cm³/mol. The van der Waals surface area contributed by atoms with Gasteiger partial charge in [-0.3, -0.25) is 4.79 Å². The molecule has 1 aromatic heterocycles. The van der Waals surface area contributed by atoms with Gasteiger partial charge in [-0.05, 0) is 30.6 Å². The number of ketones is 1. The smallest absolute Gasteiger partial charge is 0.277 e. The summed E-state index contributed by atoms with van der Waals surface area (Å²) in [7, 11) is 0. The van der Waals surface area contributed by atoms with Crippen LogP contribution in [0.5, 0.6) is 0 Å². The Kier molecular flexibility index (Phi) is 6.37. The molecule has 1 fully saturated rings. The van der Waals surface area contributed by atoms with Crippen molar-refractivity contribution in [2.75, 3.05) is 12.0 Å². The van der Waals surface area contributed by atoms with Gasteiger partial charge in [-0.25, -0.2) is 0 Å². The molecule has 1 aliphatic carbocycles. The van der Waals surface area contributed by atoms with E-state index in [1.165, 1.54) is 49.4 Å². The molecule has 24 heavy (non-hydrogen) atoms. The second-order valence-corrected chi connectivity index (χ2v) is 7.86. The van der Waals surface area contributed by atoms with E-state index in [-0.39, 0.29) is 5.78 Å². The molecule has 4 nitrogen and oxygen atoms in total. The fourth-order valence-corrected chi connectivity index (χ4v) is 4.10. The average molecular weight is 363 g/mol. The molecule has 2 aromatic rings. The van der Waals surface area contributed by atoms with Crippen LogP contribution in [0.2, 0.25) is 0 Å². The number of nitrogens with zero attached hydrogens (tertiary/aromatic N) is 2. The van der Waals surface area contributed by atoms with Crippen LogP contribution >= 0.6 is 23.5 Å². The molecule has 1 aliphatic rings. The first-order chi connectivity index (χ1) is 11.8.